The zero-order chi connectivity index (χ0) is 19.2. The molecule has 27 heavy (non-hydrogen) atoms. The van der Waals surface area contributed by atoms with E-state index in [1.165, 1.54) is 4.90 Å². The minimum absolute atomic E-state index is 0.0639. The molecule has 0 unspecified atom stereocenters. The molecule has 0 atom stereocenters. The number of amides is 3. The van der Waals surface area contributed by atoms with Crippen molar-refractivity contribution in [2.45, 2.75) is 13.1 Å². The number of imide groups is 1. The van der Waals surface area contributed by atoms with Crippen LogP contribution in [0.15, 0.2) is 48.5 Å². The van der Waals surface area contributed by atoms with Crippen LogP contribution in [0.3, 0.4) is 0 Å². The maximum absolute atomic E-state index is 12.4. The number of benzene rings is 2. The normalized spacial score (nSPS) is 18.7. The van der Waals surface area contributed by atoms with Gasteiger partial charge in [0, 0.05) is 6.54 Å². The van der Waals surface area contributed by atoms with E-state index < -0.39 is 16.1 Å². The van der Waals surface area contributed by atoms with Crippen LogP contribution in [0.2, 0.25) is 0 Å². The molecule has 2 aromatic rings. The lowest BCUT2D eigenvalue weighted by atomic mass is 10.1. The minimum Gasteiger partial charge on any atom is -0.272 e. The summed E-state index contributed by atoms with van der Waals surface area (Å²) in [5.41, 5.74) is 2.24. The minimum atomic E-state index is -3.77. The molecule has 2 heterocycles. The van der Waals surface area contributed by atoms with Gasteiger partial charge in [-0.2, -0.15) is 12.7 Å². The van der Waals surface area contributed by atoms with Gasteiger partial charge in [0.1, 0.15) is 0 Å². The van der Waals surface area contributed by atoms with Crippen molar-refractivity contribution in [1.29, 1.82) is 0 Å². The highest BCUT2D eigenvalue weighted by molar-refractivity contribution is 7.88. The molecule has 0 aliphatic carbocycles. The predicted octanol–water partition coefficient (Wildman–Crippen LogP) is 0.659. The fourth-order valence-corrected chi connectivity index (χ4v) is 4.23. The molecule has 2 aliphatic heterocycles. The molecule has 0 spiro atoms. The zero-order valence-corrected chi connectivity index (χ0v) is 14.9. The third-order valence-corrected chi connectivity index (χ3v) is 5.93. The maximum atomic E-state index is 12.4. The Hall–Kier alpha value is -3.04. The lowest BCUT2D eigenvalue weighted by molar-refractivity contribution is -0.118. The van der Waals surface area contributed by atoms with Gasteiger partial charge in [0.05, 0.1) is 24.2 Å². The van der Waals surface area contributed by atoms with Gasteiger partial charge in [-0.1, -0.05) is 36.4 Å². The standard InChI is InChI=1S/C18H15N3O5S/c22-16-11-20(27(25,26)19-16)9-12-5-7-13(8-6-12)10-21-17(23)14-3-1-2-4-15(14)18(21)24/h1-8H,9-11H2,(H,19,22). The first-order chi connectivity index (χ1) is 12.8. The van der Waals surface area contributed by atoms with Crippen LogP contribution in [0.25, 0.3) is 0 Å². The summed E-state index contributed by atoms with van der Waals surface area (Å²) in [4.78, 5) is 37.3. The number of hydrogen-bond acceptors (Lipinski definition) is 5. The molecule has 0 aromatic heterocycles. The molecule has 1 N–H and O–H groups in total. The fraction of sp³-hybridized carbons (Fsp3) is 0.167. The van der Waals surface area contributed by atoms with E-state index in [2.05, 4.69) is 0 Å². The van der Waals surface area contributed by atoms with E-state index >= 15 is 0 Å². The number of rotatable bonds is 4. The van der Waals surface area contributed by atoms with Gasteiger partial charge < -0.3 is 0 Å². The smallest absolute Gasteiger partial charge is 0.272 e. The van der Waals surface area contributed by atoms with Crippen molar-refractivity contribution in [3.8, 4) is 0 Å². The van der Waals surface area contributed by atoms with Crippen molar-refractivity contribution in [2.24, 2.45) is 0 Å². The van der Waals surface area contributed by atoms with Crippen LogP contribution >= 0.6 is 0 Å². The number of fused-ring (bicyclic) bond motifs is 1. The second-order valence-electron chi connectivity index (χ2n) is 6.36. The number of nitrogens with zero attached hydrogens (tertiary/aromatic N) is 2. The molecule has 9 heteroatoms. The molecule has 3 amide bonds. The van der Waals surface area contributed by atoms with Gasteiger partial charge >= 0.3 is 10.2 Å². The fourth-order valence-electron chi connectivity index (χ4n) is 3.15. The SMILES string of the molecule is O=C1CN(Cc2ccc(CN3C(=O)c4ccccc4C3=O)cc2)S(=O)(=O)N1. The Labute approximate surface area is 155 Å². The molecule has 0 radical (unpaired) electrons. The van der Waals surface area contributed by atoms with Crippen LogP contribution in [0.5, 0.6) is 0 Å². The van der Waals surface area contributed by atoms with Crippen molar-refractivity contribution in [1.82, 2.24) is 13.9 Å². The van der Waals surface area contributed by atoms with Gasteiger partial charge in [-0.3, -0.25) is 19.3 Å². The van der Waals surface area contributed by atoms with Crippen LogP contribution in [0, 0.1) is 0 Å². The highest BCUT2D eigenvalue weighted by Gasteiger charge is 2.35. The molecule has 2 aromatic carbocycles. The van der Waals surface area contributed by atoms with Gasteiger partial charge in [0.15, 0.2) is 0 Å². The molecular formula is C18H15N3O5S. The zero-order valence-electron chi connectivity index (χ0n) is 14.1. The van der Waals surface area contributed by atoms with Crippen molar-refractivity contribution < 1.29 is 22.8 Å². The Morgan fingerprint density at radius 2 is 1.33 bits per heavy atom. The average Bonchev–Trinajstić information content (AvgIpc) is 3.03. The van der Waals surface area contributed by atoms with E-state index in [0.717, 1.165) is 9.87 Å². The van der Waals surface area contributed by atoms with E-state index in [9.17, 15) is 22.8 Å². The first kappa shape index (κ1) is 17.4. The van der Waals surface area contributed by atoms with Gasteiger partial charge in [-0.15, -0.1) is 0 Å². The molecule has 138 valence electrons. The first-order valence-corrected chi connectivity index (χ1v) is 9.63. The molecule has 0 bridgehead atoms. The van der Waals surface area contributed by atoms with Crippen LogP contribution in [-0.2, 0) is 28.1 Å². The summed E-state index contributed by atoms with van der Waals surface area (Å²) in [6, 6.07) is 13.6. The van der Waals surface area contributed by atoms with Crippen LogP contribution < -0.4 is 4.72 Å². The topological polar surface area (TPSA) is 104 Å². The van der Waals surface area contributed by atoms with Crippen LogP contribution in [0.4, 0.5) is 0 Å². The van der Waals surface area contributed by atoms with Gasteiger partial charge in [0.2, 0.25) is 5.91 Å². The largest absolute Gasteiger partial charge is 0.304 e. The average molecular weight is 385 g/mol. The molecule has 8 nitrogen and oxygen atoms in total. The monoisotopic (exact) mass is 385 g/mol. The van der Waals surface area contributed by atoms with E-state index in [0.29, 0.717) is 16.7 Å². The Bertz CT molecular complexity index is 1030. The van der Waals surface area contributed by atoms with E-state index in [1.807, 2.05) is 4.72 Å². The lowest BCUT2D eigenvalue weighted by Gasteiger charge is -2.15. The molecule has 2 aliphatic rings. The van der Waals surface area contributed by atoms with Crippen molar-refractivity contribution >= 4 is 27.9 Å². The maximum Gasteiger partial charge on any atom is 0.304 e. The highest BCUT2D eigenvalue weighted by Crippen LogP contribution is 2.24. The summed E-state index contributed by atoms with van der Waals surface area (Å²) >= 11 is 0. The Kier molecular flexibility index (Phi) is 4.05. The highest BCUT2D eigenvalue weighted by atomic mass is 32.2. The molecular weight excluding hydrogens is 370 g/mol. The first-order valence-electron chi connectivity index (χ1n) is 8.19. The molecule has 1 fully saturated rings. The van der Waals surface area contributed by atoms with Crippen LogP contribution in [0.1, 0.15) is 31.8 Å². The summed E-state index contributed by atoms with van der Waals surface area (Å²) in [6.45, 7) is -0.0117. The van der Waals surface area contributed by atoms with Gasteiger partial charge in [-0.25, -0.2) is 4.72 Å². The van der Waals surface area contributed by atoms with E-state index in [4.69, 9.17) is 0 Å². The summed E-state index contributed by atoms with van der Waals surface area (Å²) < 4.78 is 26.5. The summed E-state index contributed by atoms with van der Waals surface area (Å²) in [6.07, 6.45) is 0. The van der Waals surface area contributed by atoms with E-state index in [1.54, 1.807) is 48.5 Å². The summed E-state index contributed by atoms with van der Waals surface area (Å²) in [5.74, 6) is -1.21. The summed E-state index contributed by atoms with van der Waals surface area (Å²) in [7, 11) is -3.77. The van der Waals surface area contributed by atoms with Gasteiger partial charge in [0.25, 0.3) is 11.8 Å². The molecule has 4 rings (SSSR count). The van der Waals surface area contributed by atoms with E-state index in [-0.39, 0.29) is 31.4 Å². The molecule has 1 saturated heterocycles. The Balaban J connectivity index is 1.47. The number of nitrogens with one attached hydrogen (secondary N) is 1. The molecule has 0 saturated carbocycles. The number of carbonyl (C=O) groups excluding carboxylic acids is 3. The van der Waals surface area contributed by atoms with Crippen molar-refractivity contribution in [3.63, 3.8) is 0 Å². The third-order valence-electron chi connectivity index (χ3n) is 4.50. The second-order valence-corrected chi connectivity index (χ2v) is 8.03. The number of carbonyl (C=O) groups is 3. The van der Waals surface area contributed by atoms with Crippen LogP contribution in [-0.4, -0.2) is 41.9 Å². The van der Waals surface area contributed by atoms with Gasteiger partial charge in [-0.05, 0) is 23.3 Å². The third kappa shape index (κ3) is 3.11. The quantitative estimate of drug-likeness (QED) is 0.779. The number of hydrogen-bond donors (Lipinski definition) is 1. The van der Waals surface area contributed by atoms with Crippen molar-refractivity contribution in [3.05, 3.63) is 70.8 Å². The van der Waals surface area contributed by atoms with Crippen molar-refractivity contribution in [2.75, 3.05) is 6.54 Å². The Morgan fingerprint density at radius 3 is 1.81 bits per heavy atom. The summed E-state index contributed by atoms with van der Waals surface area (Å²) in [5, 5.41) is 0. The lowest BCUT2D eigenvalue weighted by Crippen LogP contribution is -2.29. The Morgan fingerprint density at radius 1 is 0.815 bits per heavy atom. The second kappa shape index (κ2) is 6.29. The predicted molar refractivity (Wildman–Crippen MR) is 94.6 cm³/mol.